The number of carbonyl (C=O) groups is 1. The smallest absolute Gasteiger partial charge is 0.252 e. The number of amides is 1. The standard InChI is InChI=1S/C18H18FN5O/c1-3-6-11-13(18-22-9-23-24-18)10(2)14(12-7-4-5-8-21-12)16(19)15(11)17(20)25/h4-5,7-9H,3,6H2,1-2H3,(H2,20,25)(H,22,23,24). The molecule has 0 aliphatic carbocycles. The molecule has 6 nitrogen and oxygen atoms in total. The number of nitrogens with zero attached hydrogens (tertiary/aromatic N) is 3. The van der Waals surface area contributed by atoms with Crippen LogP contribution in [-0.2, 0) is 6.42 Å². The zero-order valence-corrected chi connectivity index (χ0v) is 14.0. The summed E-state index contributed by atoms with van der Waals surface area (Å²) in [5.41, 5.74) is 7.92. The number of hydrogen-bond donors (Lipinski definition) is 2. The van der Waals surface area contributed by atoms with Crippen LogP contribution in [0.5, 0.6) is 0 Å². The highest BCUT2D eigenvalue weighted by Gasteiger charge is 2.27. The van der Waals surface area contributed by atoms with Gasteiger partial charge in [0, 0.05) is 17.3 Å². The molecule has 3 rings (SSSR count). The maximum Gasteiger partial charge on any atom is 0.252 e. The zero-order valence-electron chi connectivity index (χ0n) is 14.0. The second-order valence-corrected chi connectivity index (χ2v) is 5.71. The molecule has 1 aromatic carbocycles. The largest absolute Gasteiger partial charge is 0.365 e. The Morgan fingerprint density at radius 1 is 1.32 bits per heavy atom. The molecule has 2 aromatic heterocycles. The Hall–Kier alpha value is -3.09. The molecule has 0 fully saturated rings. The molecule has 0 radical (unpaired) electrons. The fraction of sp³-hybridized carbons (Fsp3) is 0.222. The van der Waals surface area contributed by atoms with Crippen molar-refractivity contribution in [3.8, 4) is 22.6 Å². The van der Waals surface area contributed by atoms with E-state index in [-0.39, 0.29) is 11.1 Å². The molecule has 2 heterocycles. The number of benzene rings is 1. The van der Waals surface area contributed by atoms with E-state index in [0.717, 1.165) is 6.42 Å². The van der Waals surface area contributed by atoms with Crippen LogP contribution in [0.3, 0.4) is 0 Å². The van der Waals surface area contributed by atoms with Crippen LogP contribution >= 0.6 is 0 Å². The number of primary amides is 1. The van der Waals surface area contributed by atoms with Gasteiger partial charge in [-0.15, -0.1) is 10.2 Å². The van der Waals surface area contributed by atoms with Crippen LogP contribution in [0.4, 0.5) is 4.39 Å². The van der Waals surface area contributed by atoms with E-state index in [1.165, 1.54) is 6.33 Å². The number of rotatable bonds is 5. The van der Waals surface area contributed by atoms with E-state index in [1.807, 2.05) is 6.92 Å². The Balaban J connectivity index is 2.44. The summed E-state index contributed by atoms with van der Waals surface area (Å²) in [7, 11) is 0. The third-order valence-corrected chi connectivity index (χ3v) is 4.11. The number of H-pyrrole nitrogens is 1. The Bertz CT molecular complexity index is 907. The number of halogens is 1. The van der Waals surface area contributed by atoms with Crippen LogP contribution in [-0.4, -0.2) is 26.1 Å². The van der Waals surface area contributed by atoms with E-state index in [1.54, 1.807) is 31.3 Å². The van der Waals surface area contributed by atoms with Gasteiger partial charge in [-0.1, -0.05) is 19.4 Å². The van der Waals surface area contributed by atoms with Gasteiger partial charge in [-0.25, -0.2) is 4.39 Å². The monoisotopic (exact) mass is 339 g/mol. The lowest BCUT2D eigenvalue weighted by atomic mass is 9.87. The molecule has 0 aliphatic rings. The fourth-order valence-electron chi connectivity index (χ4n) is 3.12. The van der Waals surface area contributed by atoms with Gasteiger partial charge in [0.15, 0.2) is 5.82 Å². The molecule has 3 aromatic rings. The van der Waals surface area contributed by atoms with Crippen molar-refractivity contribution >= 4 is 5.91 Å². The van der Waals surface area contributed by atoms with Gasteiger partial charge in [0.05, 0.1) is 11.3 Å². The maximum absolute atomic E-state index is 15.3. The van der Waals surface area contributed by atoms with Crippen LogP contribution in [0.15, 0.2) is 30.7 Å². The number of hydrogen-bond acceptors (Lipinski definition) is 4. The maximum atomic E-state index is 15.3. The number of nitrogens with two attached hydrogens (primary N) is 1. The summed E-state index contributed by atoms with van der Waals surface area (Å²) in [6, 6.07) is 5.20. The van der Waals surface area contributed by atoms with Gasteiger partial charge in [0.1, 0.15) is 12.1 Å². The summed E-state index contributed by atoms with van der Waals surface area (Å²) in [6.45, 7) is 3.74. The van der Waals surface area contributed by atoms with Crippen LogP contribution in [0.1, 0.15) is 34.8 Å². The molecule has 0 atom stereocenters. The highest BCUT2D eigenvalue weighted by molar-refractivity contribution is 5.99. The van der Waals surface area contributed by atoms with E-state index < -0.39 is 11.7 Å². The SMILES string of the molecule is CCCc1c(C(N)=O)c(F)c(-c2ccccn2)c(C)c1-c1nnc[nH]1. The van der Waals surface area contributed by atoms with Gasteiger partial charge < -0.3 is 10.7 Å². The van der Waals surface area contributed by atoms with Gasteiger partial charge in [-0.05, 0) is 36.6 Å². The minimum absolute atomic E-state index is 0.112. The van der Waals surface area contributed by atoms with Crippen LogP contribution in [0, 0.1) is 12.7 Å². The molecule has 0 saturated heterocycles. The highest BCUT2D eigenvalue weighted by atomic mass is 19.1. The summed E-state index contributed by atoms with van der Waals surface area (Å²) >= 11 is 0. The molecule has 1 amide bonds. The molecule has 0 aliphatic heterocycles. The lowest BCUT2D eigenvalue weighted by Crippen LogP contribution is -2.19. The van der Waals surface area contributed by atoms with Crippen molar-refractivity contribution in [3.05, 3.63) is 53.2 Å². The molecule has 0 unspecified atom stereocenters. The summed E-state index contributed by atoms with van der Waals surface area (Å²) < 4.78 is 15.3. The molecular formula is C18H18FN5O. The van der Waals surface area contributed by atoms with Gasteiger partial charge in [-0.3, -0.25) is 9.78 Å². The predicted octanol–water partition coefficient (Wildman–Crippen LogP) is 3.03. The van der Waals surface area contributed by atoms with Crippen molar-refractivity contribution < 1.29 is 9.18 Å². The van der Waals surface area contributed by atoms with Crippen molar-refractivity contribution in [2.45, 2.75) is 26.7 Å². The molecular weight excluding hydrogens is 321 g/mol. The van der Waals surface area contributed by atoms with Crippen molar-refractivity contribution in [2.75, 3.05) is 0 Å². The Morgan fingerprint density at radius 2 is 2.12 bits per heavy atom. The van der Waals surface area contributed by atoms with Gasteiger partial charge in [-0.2, -0.15) is 0 Å². The van der Waals surface area contributed by atoms with Crippen LogP contribution < -0.4 is 5.73 Å². The first-order valence-electron chi connectivity index (χ1n) is 7.98. The van der Waals surface area contributed by atoms with E-state index in [2.05, 4.69) is 20.2 Å². The Kier molecular flexibility index (Phi) is 4.56. The normalized spacial score (nSPS) is 10.8. The summed E-state index contributed by atoms with van der Waals surface area (Å²) in [6.07, 6.45) is 4.24. The highest BCUT2D eigenvalue weighted by Crippen LogP contribution is 2.38. The Labute approximate surface area is 144 Å². The molecule has 7 heteroatoms. The second kappa shape index (κ2) is 6.80. The van der Waals surface area contributed by atoms with Gasteiger partial charge >= 0.3 is 0 Å². The van der Waals surface area contributed by atoms with Crippen molar-refractivity contribution in [3.63, 3.8) is 0 Å². The van der Waals surface area contributed by atoms with Crippen LogP contribution in [0.2, 0.25) is 0 Å². The minimum atomic E-state index is -0.807. The number of aromatic nitrogens is 4. The summed E-state index contributed by atoms with van der Waals surface area (Å²) in [4.78, 5) is 19.2. The number of pyridine rings is 1. The molecule has 25 heavy (non-hydrogen) atoms. The first-order valence-corrected chi connectivity index (χ1v) is 7.98. The number of carbonyl (C=O) groups excluding carboxylic acids is 1. The Morgan fingerprint density at radius 3 is 2.68 bits per heavy atom. The first-order chi connectivity index (χ1) is 12.1. The lowest BCUT2D eigenvalue weighted by Gasteiger charge is -2.19. The first kappa shape index (κ1) is 16.8. The molecule has 0 spiro atoms. The minimum Gasteiger partial charge on any atom is -0.365 e. The lowest BCUT2D eigenvalue weighted by molar-refractivity contribution is 0.0995. The molecule has 0 bridgehead atoms. The predicted molar refractivity (Wildman–Crippen MR) is 92.3 cm³/mol. The molecule has 3 N–H and O–H groups in total. The molecule has 128 valence electrons. The second-order valence-electron chi connectivity index (χ2n) is 5.71. The van der Waals surface area contributed by atoms with Gasteiger partial charge in [0.2, 0.25) is 0 Å². The quantitative estimate of drug-likeness (QED) is 0.746. The molecule has 0 saturated carbocycles. The third kappa shape index (κ3) is 2.88. The summed E-state index contributed by atoms with van der Waals surface area (Å²) in [5.74, 6) is -0.977. The number of aromatic amines is 1. The fourth-order valence-corrected chi connectivity index (χ4v) is 3.12. The van der Waals surface area contributed by atoms with Crippen molar-refractivity contribution in [2.24, 2.45) is 5.73 Å². The van der Waals surface area contributed by atoms with Crippen LogP contribution in [0.25, 0.3) is 22.6 Å². The van der Waals surface area contributed by atoms with E-state index in [9.17, 15) is 4.79 Å². The zero-order chi connectivity index (χ0) is 18.0. The number of nitrogens with one attached hydrogen (secondary N) is 1. The topological polar surface area (TPSA) is 97.6 Å². The van der Waals surface area contributed by atoms with E-state index in [0.29, 0.717) is 34.6 Å². The average molecular weight is 339 g/mol. The van der Waals surface area contributed by atoms with E-state index in [4.69, 9.17) is 5.73 Å². The van der Waals surface area contributed by atoms with Crippen molar-refractivity contribution in [1.82, 2.24) is 20.2 Å². The summed E-state index contributed by atoms with van der Waals surface area (Å²) in [5, 5.41) is 7.86. The van der Waals surface area contributed by atoms with Crippen molar-refractivity contribution in [1.29, 1.82) is 0 Å². The third-order valence-electron chi connectivity index (χ3n) is 4.11. The van der Waals surface area contributed by atoms with E-state index >= 15 is 4.39 Å². The van der Waals surface area contributed by atoms with Gasteiger partial charge in [0.25, 0.3) is 5.91 Å². The average Bonchev–Trinajstić information content (AvgIpc) is 3.10.